The third-order valence-corrected chi connectivity index (χ3v) is 13.3. The van der Waals surface area contributed by atoms with E-state index in [9.17, 15) is 9.59 Å². The van der Waals surface area contributed by atoms with Gasteiger partial charge in [0.25, 0.3) is 0 Å². The van der Waals surface area contributed by atoms with Crippen molar-refractivity contribution in [3.63, 3.8) is 0 Å². The molecule has 0 N–H and O–H groups in total. The topological polar surface area (TPSA) is 40.6 Å². The van der Waals surface area contributed by atoms with Crippen LogP contribution in [0.25, 0.3) is 12.2 Å². The molecule has 2 amide bonds. The SMILES string of the molecule is Cc1ccccc1[C@@H]1CN(C(=O)/C=C/c2ccccc2)Cc2sc(Br)cc21.Cc1ccccc1[C@H]1CN(C(=O)/C=C/c2ccccc2)Cc2sc(Br)cc21. The summed E-state index contributed by atoms with van der Waals surface area (Å²) in [6.45, 7) is 7.05. The third-order valence-electron chi connectivity index (χ3n) is 10.0. The van der Waals surface area contributed by atoms with Gasteiger partial charge in [-0.2, -0.15) is 0 Å². The fraction of sp³-hybridized carbons (Fsp3) is 0.174. The van der Waals surface area contributed by atoms with Gasteiger partial charge in [-0.1, -0.05) is 109 Å². The number of benzene rings is 4. The standard InChI is InChI=1S/2C23H20BrNOS/c2*1-16-7-5-6-10-18(16)20-14-25(15-21-19(20)13-22(24)27-21)23(26)12-11-17-8-3-2-4-9-17/h2*2-13,20H,14-15H2,1H3/b2*12-11+/t2*20-/m10/s1. The Hall–Kier alpha value is -4.34. The molecule has 6 aromatic rings. The average Bonchev–Trinajstić information content (AvgIpc) is 3.77. The average molecular weight is 877 g/mol. The summed E-state index contributed by atoms with van der Waals surface area (Å²) in [5.41, 5.74) is 9.90. The Kier molecular flexibility index (Phi) is 12.2. The smallest absolute Gasteiger partial charge is 0.246 e. The van der Waals surface area contributed by atoms with Gasteiger partial charge in [-0.05, 0) is 114 Å². The van der Waals surface area contributed by atoms with Crippen molar-refractivity contribution < 1.29 is 9.59 Å². The fourth-order valence-corrected chi connectivity index (χ4v) is 10.9. The van der Waals surface area contributed by atoms with E-state index in [2.05, 4.69) is 106 Å². The molecule has 4 aromatic carbocycles. The molecule has 0 saturated carbocycles. The van der Waals surface area contributed by atoms with Crippen molar-refractivity contribution >= 4 is 78.5 Å². The number of carbonyl (C=O) groups excluding carboxylic acids is 2. The minimum Gasteiger partial charge on any atom is -0.333 e. The second-order valence-electron chi connectivity index (χ2n) is 13.6. The number of thiophene rings is 2. The predicted octanol–water partition coefficient (Wildman–Crippen LogP) is 12.0. The third kappa shape index (κ3) is 8.95. The molecule has 2 aromatic heterocycles. The molecular weight excluding hydrogens is 836 g/mol. The molecule has 4 nitrogen and oxygen atoms in total. The van der Waals surface area contributed by atoms with Gasteiger partial charge in [0.15, 0.2) is 0 Å². The van der Waals surface area contributed by atoms with Crippen molar-refractivity contribution in [2.24, 2.45) is 0 Å². The molecule has 0 fully saturated rings. The molecule has 0 aliphatic carbocycles. The molecule has 8 rings (SSSR count). The monoisotopic (exact) mass is 874 g/mol. The minimum atomic E-state index is 0.0626. The lowest BCUT2D eigenvalue weighted by Gasteiger charge is -2.33. The second-order valence-corrected chi connectivity index (χ2v) is 18.6. The van der Waals surface area contributed by atoms with Gasteiger partial charge in [0.2, 0.25) is 11.8 Å². The number of carbonyl (C=O) groups is 2. The molecule has 272 valence electrons. The van der Waals surface area contributed by atoms with E-state index >= 15 is 0 Å². The first-order valence-corrected chi connectivity index (χ1v) is 21.2. The highest BCUT2D eigenvalue weighted by atomic mass is 79.9. The van der Waals surface area contributed by atoms with Crippen LogP contribution in [0.4, 0.5) is 0 Å². The molecule has 2 aliphatic heterocycles. The van der Waals surface area contributed by atoms with E-state index in [-0.39, 0.29) is 23.7 Å². The maximum absolute atomic E-state index is 12.9. The van der Waals surface area contributed by atoms with Gasteiger partial charge in [0.1, 0.15) is 0 Å². The number of aryl methyl sites for hydroxylation is 2. The van der Waals surface area contributed by atoms with Gasteiger partial charge in [-0.25, -0.2) is 0 Å². The lowest BCUT2D eigenvalue weighted by Crippen LogP contribution is -2.37. The number of hydrogen-bond donors (Lipinski definition) is 0. The summed E-state index contributed by atoms with van der Waals surface area (Å²) in [7, 11) is 0. The van der Waals surface area contributed by atoms with Crippen LogP contribution in [0.5, 0.6) is 0 Å². The van der Waals surface area contributed by atoms with Crippen LogP contribution in [-0.2, 0) is 22.7 Å². The predicted molar refractivity (Wildman–Crippen MR) is 232 cm³/mol. The number of amides is 2. The Morgan fingerprint density at radius 1 is 0.556 bits per heavy atom. The first kappa shape index (κ1) is 38.0. The van der Waals surface area contributed by atoms with E-state index in [4.69, 9.17) is 0 Å². The normalized spacial score (nSPS) is 16.5. The second kappa shape index (κ2) is 17.4. The van der Waals surface area contributed by atoms with E-state index in [1.165, 1.54) is 43.1 Å². The largest absolute Gasteiger partial charge is 0.333 e. The number of hydrogen-bond acceptors (Lipinski definition) is 4. The Morgan fingerprint density at radius 3 is 1.31 bits per heavy atom. The van der Waals surface area contributed by atoms with Crippen LogP contribution in [0, 0.1) is 13.8 Å². The van der Waals surface area contributed by atoms with Crippen molar-refractivity contribution in [3.05, 3.63) is 195 Å². The van der Waals surface area contributed by atoms with Crippen molar-refractivity contribution in [3.8, 4) is 0 Å². The zero-order valence-electron chi connectivity index (χ0n) is 30.1. The summed E-state index contributed by atoms with van der Waals surface area (Å²) < 4.78 is 2.25. The number of halogens is 2. The van der Waals surface area contributed by atoms with Crippen molar-refractivity contribution in [1.82, 2.24) is 9.80 Å². The molecular formula is C46H40Br2N2O2S2. The lowest BCUT2D eigenvalue weighted by atomic mass is 9.86. The van der Waals surface area contributed by atoms with Crippen LogP contribution >= 0.6 is 54.5 Å². The molecule has 0 radical (unpaired) electrons. The summed E-state index contributed by atoms with van der Waals surface area (Å²) in [6.07, 6.45) is 7.17. The first-order chi connectivity index (χ1) is 26.2. The fourth-order valence-electron chi connectivity index (χ4n) is 7.27. The Morgan fingerprint density at radius 2 is 0.926 bits per heavy atom. The first-order valence-electron chi connectivity index (χ1n) is 17.9. The van der Waals surface area contributed by atoms with Crippen molar-refractivity contribution in [2.45, 2.75) is 38.8 Å². The maximum atomic E-state index is 12.9. The van der Waals surface area contributed by atoms with E-state index in [0.717, 1.165) is 18.7 Å². The molecule has 54 heavy (non-hydrogen) atoms. The molecule has 2 atom stereocenters. The Balaban J connectivity index is 0.000000167. The highest BCUT2D eigenvalue weighted by Gasteiger charge is 2.32. The van der Waals surface area contributed by atoms with Crippen LogP contribution in [-0.4, -0.2) is 34.7 Å². The zero-order chi connectivity index (χ0) is 37.6. The molecule has 0 unspecified atom stereocenters. The van der Waals surface area contributed by atoms with Gasteiger partial charge in [-0.15, -0.1) is 22.7 Å². The minimum absolute atomic E-state index is 0.0626. The summed E-state index contributed by atoms with van der Waals surface area (Å²) >= 11 is 10.7. The van der Waals surface area contributed by atoms with Gasteiger partial charge in [0.05, 0.1) is 20.7 Å². The molecule has 4 heterocycles. The Labute approximate surface area is 342 Å². The highest BCUT2D eigenvalue weighted by Crippen LogP contribution is 2.42. The van der Waals surface area contributed by atoms with Crippen LogP contribution in [0.3, 0.4) is 0 Å². The van der Waals surface area contributed by atoms with Crippen LogP contribution in [0.15, 0.2) is 141 Å². The van der Waals surface area contributed by atoms with Crippen LogP contribution < -0.4 is 0 Å². The summed E-state index contributed by atoms with van der Waals surface area (Å²) in [6, 6.07) is 41.3. The van der Waals surface area contributed by atoms with Gasteiger partial charge in [-0.3, -0.25) is 9.59 Å². The van der Waals surface area contributed by atoms with Crippen molar-refractivity contribution in [2.75, 3.05) is 13.1 Å². The highest BCUT2D eigenvalue weighted by molar-refractivity contribution is 9.11. The van der Waals surface area contributed by atoms with Crippen molar-refractivity contribution in [1.29, 1.82) is 0 Å². The molecule has 0 spiro atoms. The molecule has 0 bridgehead atoms. The van der Waals surface area contributed by atoms with E-state index < -0.39 is 0 Å². The quantitative estimate of drug-likeness (QED) is 0.156. The zero-order valence-corrected chi connectivity index (χ0v) is 34.9. The summed E-state index contributed by atoms with van der Waals surface area (Å²) in [5, 5.41) is 0. The molecule has 8 heteroatoms. The van der Waals surface area contributed by atoms with E-state index in [1.807, 2.05) is 82.6 Å². The summed E-state index contributed by atoms with van der Waals surface area (Å²) in [4.78, 5) is 32.2. The van der Waals surface area contributed by atoms with Gasteiger partial charge in [0, 0.05) is 46.8 Å². The number of nitrogens with zero attached hydrogens (tertiary/aromatic N) is 2. The summed E-state index contributed by atoms with van der Waals surface area (Å²) in [5.74, 6) is 0.554. The van der Waals surface area contributed by atoms with Crippen LogP contribution in [0.2, 0.25) is 0 Å². The lowest BCUT2D eigenvalue weighted by molar-refractivity contribution is -0.127. The number of rotatable bonds is 6. The molecule has 0 saturated heterocycles. The van der Waals surface area contributed by atoms with Gasteiger partial charge < -0.3 is 9.80 Å². The maximum Gasteiger partial charge on any atom is 0.246 e. The Bertz CT molecular complexity index is 2150. The van der Waals surface area contributed by atoms with E-state index in [0.29, 0.717) is 26.2 Å². The van der Waals surface area contributed by atoms with Gasteiger partial charge >= 0.3 is 0 Å². The number of fused-ring (bicyclic) bond motifs is 2. The molecule has 2 aliphatic rings. The van der Waals surface area contributed by atoms with E-state index in [1.54, 1.807) is 34.8 Å². The van der Waals surface area contributed by atoms with Crippen LogP contribution in [0.1, 0.15) is 66.1 Å².